The molecule has 0 N–H and O–H groups in total. The van der Waals surface area contributed by atoms with Gasteiger partial charge in [0.05, 0.1) is 0 Å². The van der Waals surface area contributed by atoms with Crippen LogP contribution in [0.4, 0.5) is 5.69 Å². The van der Waals surface area contributed by atoms with Crippen LogP contribution in [0.2, 0.25) is 0 Å². The lowest BCUT2D eigenvalue weighted by Crippen LogP contribution is -2.42. The molecule has 2 rings (SSSR count). The van der Waals surface area contributed by atoms with Crippen molar-refractivity contribution in [2.45, 2.75) is 19.8 Å². The highest BCUT2D eigenvalue weighted by Crippen LogP contribution is 2.23. The molecule has 1 aromatic rings. The van der Waals surface area contributed by atoms with E-state index in [0.717, 1.165) is 25.1 Å². The summed E-state index contributed by atoms with van der Waals surface area (Å²) in [6.07, 6.45) is 4.16. The first-order valence-corrected chi connectivity index (χ1v) is 4.96. The molecular weight excluding hydrogens is 176 g/mol. The molecule has 1 aromatic heterocycles. The largest absolute Gasteiger partial charge is 0.307 e. The van der Waals surface area contributed by atoms with Crippen LogP contribution in [0, 0.1) is 0 Å². The van der Waals surface area contributed by atoms with Crippen molar-refractivity contribution in [1.82, 2.24) is 0 Å². The number of hydrogen-bond donors (Lipinski definition) is 0. The molecule has 1 aliphatic rings. The van der Waals surface area contributed by atoms with Gasteiger partial charge in [-0.3, -0.25) is 4.79 Å². The van der Waals surface area contributed by atoms with E-state index in [4.69, 9.17) is 0 Å². The second kappa shape index (κ2) is 3.40. The molecule has 0 spiro atoms. The molecule has 3 heteroatoms. The number of aryl methyl sites for hydroxylation is 1. The summed E-state index contributed by atoms with van der Waals surface area (Å²) in [5.41, 5.74) is 2.34. The van der Waals surface area contributed by atoms with Gasteiger partial charge in [-0.25, -0.2) is 4.57 Å². The molecule has 0 saturated carbocycles. The van der Waals surface area contributed by atoms with Crippen molar-refractivity contribution in [2.24, 2.45) is 7.05 Å². The van der Waals surface area contributed by atoms with Gasteiger partial charge in [0.2, 0.25) is 11.6 Å². The van der Waals surface area contributed by atoms with Crippen molar-refractivity contribution in [2.75, 3.05) is 11.4 Å². The molecule has 74 valence electrons. The monoisotopic (exact) mass is 191 g/mol. The minimum atomic E-state index is 0.136. The zero-order chi connectivity index (χ0) is 10.1. The number of aromatic nitrogens is 1. The minimum Gasteiger partial charge on any atom is -0.307 e. The van der Waals surface area contributed by atoms with Gasteiger partial charge in [0, 0.05) is 26.0 Å². The van der Waals surface area contributed by atoms with Crippen LogP contribution in [0.1, 0.15) is 19.0 Å². The number of amides is 1. The topological polar surface area (TPSA) is 24.2 Å². The Morgan fingerprint density at radius 2 is 2.36 bits per heavy atom. The van der Waals surface area contributed by atoms with E-state index in [0.29, 0.717) is 0 Å². The second-order valence-electron chi connectivity index (χ2n) is 3.73. The number of anilines is 1. The molecule has 0 aromatic carbocycles. The van der Waals surface area contributed by atoms with Crippen LogP contribution in [0.5, 0.6) is 0 Å². The van der Waals surface area contributed by atoms with E-state index in [9.17, 15) is 4.79 Å². The van der Waals surface area contributed by atoms with Gasteiger partial charge in [-0.2, -0.15) is 0 Å². The van der Waals surface area contributed by atoms with Gasteiger partial charge in [0.25, 0.3) is 0 Å². The summed E-state index contributed by atoms with van der Waals surface area (Å²) in [4.78, 5) is 13.2. The fourth-order valence-corrected chi connectivity index (χ4v) is 2.03. The highest BCUT2D eigenvalue weighted by atomic mass is 16.2. The first-order valence-electron chi connectivity index (χ1n) is 4.96. The maximum Gasteiger partial charge on any atom is 0.224 e. The maximum atomic E-state index is 11.4. The zero-order valence-corrected chi connectivity index (χ0v) is 8.66. The Labute approximate surface area is 84.0 Å². The maximum absolute atomic E-state index is 11.4. The van der Waals surface area contributed by atoms with Crippen molar-refractivity contribution in [3.8, 4) is 0 Å². The number of carbonyl (C=O) groups is 1. The van der Waals surface area contributed by atoms with E-state index < -0.39 is 0 Å². The average Bonchev–Trinajstić information content (AvgIpc) is 2.17. The Kier molecular flexibility index (Phi) is 2.23. The summed E-state index contributed by atoms with van der Waals surface area (Å²) in [7, 11) is 2.03. The number of rotatable bonds is 0. The summed E-state index contributed by atoms with van der Waals surface area (Å²) in [6.45, 7) is 2.48. The molecule has 0 unspecified atom stereocenters. The van der Waals surface area contributed by atoms with Crippen LogP contribution in [0.3, 0.4) is 0 Å². The standard InChI is InChI=1S/C11H15N2O/c1-9(14)13-8-4-5-10-11(13)6-3-7-12(10)2/h3,6-7H,4-5,8H2,1-2H3/q+1. The molecule has 14 heavy (non-hydrogen) atoms. The molecular formula is C11H15N2O+. The van der Waals surface area contributed by atoms with E-state index in [1.807, 2.05) is 30.3 Å². The molecule has 0 radical (unpaired) electrons. The Bertz CT molecular complexity index is 374. The highest BCUT2D eigenvalue weighted by molar-refractivity contribution is 5.92. The SMILES string of the molecule is CC(=O)N1CCCc2c1ccc[n+]2C. The summed E-state index contributed by atoms with van der Waals surface area (Å²) in [5, 5.41) is 0. The zero-order valence-electron chi connectivity index (χ0n) is 8.66. The third kappa shape index (κ3) is 1.39. The molecule has 3 nitrogen and oxygen atoms in total. The summed E-state index contributed by atoms with van der Waals surface area (Å²) >= 11 is 0. The minimum absolute atomic E-state index is 0.136. The van der Waals surface area contributed by atoms with Gasteiger partial charge < -0.3 is 4.90 Å². The third-order valence-corrected chi connectivity index (χ3v) is 2.75. The highest BCUT2D eigenvalue weighted by Gasteiger charge is 2.25. The van der Waals surface area contributed by atoms with Gasteiger partial charge >= 0.3 is 0 Å². The van der Waals surface area contributed by atoms with E-state index >= 15 is 0 Å². The molecule has 1 aliphatic heterocycles. The lowest BCUT2D eigenvalue weighted by Gasteiger charge is -2.25. The smallest absolute Gasteiger partial charge is 0.224 e. The predicted octanol–water partition coefficient (Wildman–Crippen LogP) is 0.810. The molecule has 0 fully saturated rings. The average molecular weight is 191 g/mol. The van der Waals surface area contributed by atoms with E-state index in [1.165, 1.54) is 5.69 Å². The predicted molar refractivity (Wildman–Crippen MR) is 54.0 cm³/mol. The Morgan fingerprint density at radius 1 is 1.57 bits per heavy atom. The lowest BCUT2D eigenvalue weighted by atomic mass is 10.1. The number of carbonyl (C=O) groups excluding carboxylic acids is 1. The number of hydrogen-bond acceptors (Lipinski definition) is 1. The summed E-state index contributed by atoms with van der Waals surface area (Å²) in [6, 6.07) is 4.01. The Balaban J connectivity index is 2.49. The number of fused-ring (bicyclic) bond motifs is 1. The van der Waals surface area contributed by atoms with E-state index in [2.05, 4.69) is 4.57 Å². The van der Waals surface area contributed by atoms with Crippen LogP contribution in [-0.2, 0) is 18.3 Å². The van der Waals surface area contributed by atoms with Crippen molar-refractivity contribution < 1.29 is 9.36 Å². The van der Waals surface area contributed by atoms with Crippen LogP contribution in [0.25, 0.3) is 0 Å². The molecule has 0 aliphatic carbocycles. The quantitative estimate of drug-likeness (QED) is 0.557. The van der Waals surface area contributed by atoms with Gasteiger partial charge in [0.15, 0.2) is 6.20 Å². The first-order chi connectivity index (χ1) is 6.70. The number of nitrogens with zero attached hydrogens (tertiary/aromatic N) is 2. The van der Waals surface area contributed by atoms with Gasteiger partial charge in [-0.05, 0) is 12.5 Å². The van der Waals surface area contributed by atoms with Crippen LogP contribution >= 0.6 is 0 Å². The summed E-state index contributed by atoms with van der Waals surface area (Å²) in [5.74, 6) is 0.136. The molecule has 0 bridgehead atoms. The van der Waals surface area contributed by atoms with Crippen LogP contribution in [-0.4, -0.2) is 12.5 Å². The van der Waals surface area contributed by atoms with E-state index in [-0.39, 0.29) is 5.91 Å². The third-order valence-electron chi connectivity index (χ3n) is 2.75. The lowest BCUT2D eigenvalue weighted by molar-refractivity contribution is -0.678. The van der Waals surface area contributed by atoms with Crippen molar-refractivity contribution in [1.29, 1.82) is 0 Å². The fraction of sp³-hybridized carbons (Fsp3) is 0.455. The van der Waals surface area contributed by atoms with Gasteiger partial charge in [-0.1, -0.05) is 0 Å². The molecule has 1 amide bonds. The first kappa shape index (κ1) is 9.19. The normalized spacial score (nSPS) is 15.1. The Hall–Kier alpha value is -1.38. The van der Waals surface area contributed by atoms with Gasteiger partial charge in [0.1, 0.15) is 12.7 Å². The fourth-order valence-electron chi connectivity index (χ4n) is 2.03. The van der Waals surface area contributed by atoms with Crippen LogP contribution < -0.4 is 9.47 Å². The van der Waals surface area contributed by atoms with Gasteiger partial charge in [-0.15, -0.1) is 0 Å². The summed E-state index contributed by atoms with van der Waals surface area (Å²) < 4.78 is 2.10. The second-order valence-corrected chi connectivity index (χ2v) is 3.73. The molecule has 0 saturated heterocycles. The van der Waals surface area contributed by atoms with Crippen molar-refractivity contribution in [3.63, 3.8) is 0 Å². The van der Waals surface area contributed by atoms with Crippen molar-refractivity contribution in [3.05, 3.63) is 24.0 Å². The Morgan fingerprint density at radius 3 is 3.07 bits per heavy atom. The molecule has 2 heterocycles. The van der Waals surface area contributed by atoms with Crippen molar-refractivity contribution >= 4 is 11.6 Å². The number of pyridine rings is 1. The van der Waals surface area contributed by atoms with Crippen LogP contribution in [0.15, 0.2) is 18.3 Å². The van der Waals surface area contributed by atoms with E-state index in [1.54, 1.807) is 6.92 Å². The molecule has 0 atom stereocenters.